The maximum absolute atomic E-state index is 10.1. The standard InChI is InChI=1S/C15H14N2O/c1-10-7-8-17(11(10)2)15-9-14(18)12-5-3-4-6-13(12)16-15/h3-9H,1-2H3,(H,16,18). The van der Waals surface area contributed by atoms with Crippen molar-refractivity contribution in [3.63, 3.8) is 0 Å². The molecule has 0 aliphatic carbocycles. The first kappa shape index (κ1) is 10.8. The van der Waals surface area contributed by atoms with Crippen LogP contribution in [-0.4, -0.2) is 14.7 Å². The van der Waals surface area contributed by atoms with Gasteiger partial charge in [0, 0.05) is 23.3 Å². The van der Waals surface area contributed by atoms with Crippen molar-refractivity contribution < 1.29 is 5.11 Å². The summed E-state index contributed by atoms with van der Waals surface area (Å²) in [6.45, 7) is 4.11. The number of aryl methyl sites for hydroxylation is 1. The Balaban J connectivity index is 2.28. The molecule has 3 nitrogen and oxygen atoms in total. The van der Waals surface area contributed by atoms with E-state index in [9.17, 15) is 5.11 Å². The molecular formula is C15H14N2O. The summed E-state index contributed by atoms with van der Waals surface area (Å²) in [4.78, 5) is 4.58. The fraction of sp³-hybridized carbons (Fsp3) is 0.133. The summed E-state index contributed by atoms with van der Waals surface area (Å²) in [5, 5.41) is 10.8. The Morgan fingerprint density at radius 3 is 2.61 bits per heavy atom. The summed E-state index contributed by atoms with van der Waals surface area (Å²) >= 11 is 0. The topological polar surface area (TPSA) is 38.0 Å². The van der Waals surface area contributed by atoms with Crippen LogP contribution in [0.1, 0.15) is 11.3 Å². The van der Waals surface area contributed by atoms with Gasteiger partial charge in [0.1, 0.15) is 11.6 Å². The Labute approximate surface area is 105 Å². The summed E-state index contributed by atoms with van der Waals surface area (Å²) < 4.78 is 1.99. The number of fused-ring (bicyclic) bond motifs is 1. The normalized spacial score (nSPS) is 11.0. The molecule has 0 aliphatic rings. The number of pyridine rings is 1. The number of nitrogens with zero attached hydrogens (tertiary/aromatic N) is 2. The smallest absolute Gasteiger partial charge is 0.141 e. The highest BCUT2D eigenvalue weighted by molar-refractivity contribution is 5.85. The first-order valence-electron chi connectivity index (χ1n) is 5.90. The van der Waals surface area contributed by atoms with E-state index in [1.807, 2.05) is 48.0 Å². The third-order valence-electron chi connectivity index (χ3n) is 3.33. The zero-order chi connectivity index (χ0) is 12.7. The van der Waals surface area contributed by atoms with Crippen LogP contribution in [0.3, 0.4) is 0 Å². The first-order chi connectivity index (χ1) is 8.66. The second-order valence-electron chi connectivity index (χ2n) is 4.47. The molecule has 3 rings (SSSR count). The van der Waals surface area contributed by atoms with Crippen molar-refractivity contribution >= 4 is 10.9 Å². The van der Waals surface area contributed by atoms with Gasteiger partial charge in [-0.25, -0.2) is 4.98 Å². The van der Waals surface area contributed by atoms with E-state index in [4.69, 9.17) is 0 Å². The van der Waals surface area contributed by atoms with Crippen LogP contribution in [0.15, 0.2) is 42.6 Å². The number of rotatable bonds is 1. The molecule has 0 radical (unpaired) electrons. The van der Waals surface area contributed by atoms with Gasteiger partial charge in [-0.1, -0.05) is 12.1 Å². The molecule has 0 amide bonds. The van der Waals surface area contributed by atoms with Gasteiger partial charge < -0.3 is 9.67 Å². The quantitative estimate of drug-likeness (QED) is 0.706. The molecule has 1 aromatic carbocycles. The molecule has 0 spiro atoms. The lowest BCUT2D eigenvalue weighted by Gasteiger charge is -2.08. The summed E-state index contributed by atoms with van der Waals surface area (Å²) in [6, 6.07) is 11.3. The van der Waals surface area contributed by atoms with Crippen LogP contribution >= 0.6 is 0 Å². The van der Waals surface area contributed by atoms with Crippen LogP contribution in [0, 0.1) is 13.8 Å². The number of benzene rings is 1. The second-order valence-corrected chi connectivity index (χ2v) is 4.47. The van der Waals surface area contributed by atoms with Crippen molar-refractivity contribution in [1.82, 2.24) is 9.55 Å². The molecule has 0 saturated carbocycles. The van der Waals surface area contributed by atoms with Crippen LogP contribution in [0.4, 0.5) is 0 Å². The summed E-state index contributed by atoms with van der Waals surface area (Å²) in [6.07, 6.45) is 1.97. The van der Waals surface area contributed by atoms with E-state index in [2.05, 4.69) is 11.9 Å². The maximum Gasteiger partial charge on any atom is 0.141 e. The largest absolute Gasteiger partial charge is 0.507 e. The van der Waals surface area contributed by atoms with E-state index in [1.54, 1.807) is 6.07 Å². The molecule has 0 unspecified atom stereocenters. The molecular weight excluding hydrogens is 224 g/mol. The van der Waals surface area contributed by atoms with Crippen LogP contribution in [-0.2, 0) is 0 Å². The van der Waals surface area contributed by atoms with E-state index in [1.165, 1.54) is 5.56 Å². The lowest BCUT2D eigenvalue weighted by molar-refractivity contribution is 0.481. The molecule has 0 atom stereocenters. The summed E-state index contributed by atoms with van der Waals surface area (Å²) in [5.41, 5.74) is 3.15. The van der Waals surface area contributed by atoms with Gasteiger partial charge in [-0.15, -0.1) is 0 Å². The van der Waals surface area contributed by atoms with Crippen LogP contribution in [0.25, 0.3) is 16.7 Å². The average molecular weight is 238 g/mol. The van der Waals surface area contributed by atoms with Crippen molar-refractivity contribution in [3.05, 3.63) is 53.9 Å². The van der Waals surface area contributed by atoms with E-state index in [0.717, 1.165) is 22.4 Å². The molecule has 1 N–H and O–H groups in total. The predicted octanol–water partition coefficient (Wildman–Crippen LogP) is 3.35. The second kappa shape index (κ2) is 3.88. The van der Waals surface area contributed by atoms with Crippen molar-refractivity contribution in [2.24, 2.45) is 0 Å². The highest BCUT2D eigenvalue weighted by atomic mass is 16.3. The van der Waals surface area contributed by atoms with Gasteiger partial charge in [0.05, 0.1) is 5.52 Å². The van der Waals surface area contributed by atoms with Gasteiger partial charge in [-0.2, -0.15) is 0 Å². The van der Waals surface area contributed by atoms with Gasteiger partial charge in [0.2, 0.25) is 0 Å². The molecule has 0 saturated heterocycles. The number of aromatic nitrogens is 2. The predicted molar refractivity (Wildman–Crippen MR) is 72.2 cm³/mol. The van der Waals surface area contributed by atoms with Gasteiger partial charge >= 0.3 is 0 Å². The Kier molecular flexibility index (Phi) is 2.33. The molecule has 90 valence electrons. The molecule has 3 aromatic rings. The fourth-order valence-electron chi connectivity index (χ4n) is 2.12. The van der Waals surface area contributed by atoms with Crippen molar-refractivity contribution in [3.8, 4) is 11.6 Å². The maximum atomic E-state index is 10.1. The third-order valence-corrected chi connectivity index (χ3v) is 3.33. The minimum atomic E-state index is 0.265. The van der Waals surface area contributed by atoms with Crippen molar-refractivity contribution in [2.45, 2.75) is 13.8 Å². The van der Waals surface area contributed by atoms with Gasteiger partial charge in [-0.05, 0) is 37.6 Å². The fourth-order valence-corrected chi connectivity index (χ4v) is 2.12. The monoisotopic (exact) mass is 238 g/mol. The molecule has 0 fully saturated rings. The minimum absolute atomic E-state index is 0.265. The zero-order valence-corrected chi connectivity index (χ0v) is 10.4. The van der Waals surface area contributed by atoms with Crippen LogP contribution in [0.5, 0.6) is 5.75 Å². The van der Waals surface area contributed by atoms with Crippen molar-refractivity contribution in [1.29, 1.82) is 0 Å². The molecule has 3 heteroatoms. The number of hydrogen-bond donors (Lipinski definition) is 1. The lowest BCUT2D eigenvalue weighted by Crippen LogP contribution is -1.98. The number of aromatic hydroxyl groups is 1. The van der Waals surface area contributed by atoms with Gasteiger partial charge in [0.15, 0.2) is 0 Å². The Hall–Kier alpha value is -2.29. The third kappa shape index (κ3) is 1.56. The van der Waals surface area contributed by atoms with Crippen molar-refractivity contribution in [2.75, 3.05) is 0 Å². The highest BCUT2D eigenvalue weighted by Gasteiger charge is 2.08. The average Bonchev–Trinajstić information content (AvgIpc) is 2.70. The SMILES string of the molecule is Cc1ccn(-c2cc(O)c3ccccc3n2)c1C. The first-order valence-corrected chi connectivity index (χ1v) is 5.90. The van der Waals surface area contributed by atoms with E-state index in [-0.39, 0.29) is 5.75 Å². The van der Waals surface area contributed by atoms with E-state index in [0.29, 0.717) is 0 Å². The number of hydrogen-bond acceptors (Lipinski definition) is 2. The summed E-state index contributed by atoms with van der Waals surface area (Å²) in [7, 11) is 0. The highest BCUT2D eigenvalue weighted by Crippen LogP contribution is 2.26. The lowest BCUT2D eigenvalue weighted by atomic mass is 10.2. The molecule has 0 bridgehead atoms. The molecule has 0 aliphatic heterocycles. The summed E-state index contributed by atoms with van der Waals surface area (Å²) in [5.74, 6) is 1.01. The minimum Gasteiger partial charge on any atom is -0.507 e. The van der Waals surface area contributed by atoms with Gasteiger partial charge in [0.25, 0.3) is 0 Å². The molecule has 2 heterocycles. The zero-order valence-electron chi connectivity index (χ0n) is 10.4. The van der Waals surface area contributed by atoms with Crippen LogP contribution in [0.2, 0.25) is 0 Å². The van der Waals surface area contributed by atoms with E-state index >= 15 is 0 Å². The number of para-hydroxylation sites is 1. The van der Waals surface area contributed by atoms with Crippen LogP contribution < -0.4 is 0 Å². The van der Waals surface area contributed by atoms with Gasteiger partial charge in [-0.3, -0.25) is 0 Å². The molecule has 18 heavy (non-hydrogen) atoms. The van der Waals surface area contributed by atoms with E-state index < -0.39 is 0 Å². The molecule has 2 aromatic heterocycles. The Bertz CT molecular complexity index is 728. The Morgan fingerprint density at radius 2 is 1.89 bits per heavy atom. The Morgan fingerprint density at radius 1 is 1.11 bits per heavy atom.